The van der Waals surface area contributed by atoms with E-state index in [9.17, 15) is 4.79 Å². The minimum absolute atomic E-state index is 0.0196. The highest BCUT2D eigenvalue weighted by Crippen LogP contribution is 2.11. The fraction of sp³-hybridized carbons (Fsp3) is 0.778. The molecule has 0 N–H and O–H groups in total. The number of carbonyl (C=O) groups is 1. The topological polar surface area (TPSA) is 53.8 Å². The van der Waals surface area contributed by atoms with Gasteiger partial charge in [0.2, 0.25) is 5.91 Å². The van der Waals surface area contributed by atoms with Crippen molar-refractivity contribution in [1.29, 1.82) is 0 Å². The number of aryl methyl sites for hydroxylation is 2. The Bertz CT molecular complexity index is 547. The molecule has 1 aromatic rings. The number of hydrogen-bond donors (Lipinski definition) is 0. The first-order chi connectivity index (χ1) is 12.1. The lowest BCUT2D eigenvalue weighted by atomic mass is 10.2. The normalized spacial score (nSPS) is 21.4. The Morgan fingerprint density at radius 3 is 2.52 bits per heavy atom. The standard InChI is InChI=1S/C18H31N5O2/c1-16(18(24)23-12-14-25-15-13-23)21-10-8-20(9-11-21)5-3-6-22-7-4-19-17(22)2/h4,7,16H,3,5-6,8-15H2,1-2H3/t16-/m0/s1. The van der Waals surface area contributed by atoms with Crippen molar-refractivity contribution < 1.29 is 9.53 Å². The van der Waals surface area contributed by atoms with E-state index in [1.165, 1.54) is 0 Å². The van der Waals surface area contributed by atoms with E-state index in [4.69, 9.17) is 4.74 Å². The number of carbonyl (C=O) groups excluding carboxylic acids is 1. The maximum atomic E-state index is 12.6. The molecule has 7 heteroatoms. The van der Waals surface area contributed by atoms with Gasteiger partial charge in [0.15, 0.2) is 0 Å². The van der Waals surface area contributed by atoms with Crippen LogP contribution in [0.4, 0.5) is 0 Å². The predicted octanol–water partition coefficient (Wildman–Crippen LogP) is 0.447. The summed E-state index contributed by atoms with van der Waals surface area (Å²) in [5.41, 5.74) is 0. The summed E-state index contributed by atoms with van der Waals surface area (Å²) in [6.45, 7) is 13.1. The summed E-state index contributed by atoms with van der Waals surface area (Å²) >= 11 is 0. The summed E-state index contributed by atoms with van der Waals surface area (Å²) < 4.78 is 7.55. The summed E-state index contributed by atoms with van der Waals surface area (Å²) in [5, 5.41) is 0. The fourth-order valence-electron chi connectivity index (χ4n) is 3.68. The Hall–Kier alpha value is -1.44. The molecule has 0 aromatic carbocycles. The zero-order valence-corrected chi connectivity index (χ0v) is 15.6. The maximum Gasteiger partial charge on any atom is 0.239 e. The van der Waals surface area contributed by atoms with Gasteiger partial charge in [0.25, 0.3) is 0 Å². The number of ether oxygens (including phenoxy) is 1. The van der Waals surface area contributed by atoms with Crippen LogP contribution in [0.15, 0.2) is 12.4 Å². The van der Waals surface area contributed by atoms with Gasteiger partial charge in [-0.2, -0.15) is 0 Å². The van der Waals surface area contributed by atoms with Crippen molar-refractivity contribution in [3.63, 3.8) is 0 Å². The lowest BCUT2D eigenvalue weighted by Crippen LogP contribution is -2.56. The molecule has 0 unspecified atom stereocenters. The van der Waals surface area contributed by atoms with E-state index in [1.54, 1.807) is 0 Å². The van der Waals surface area contributed by atoms with Crippen LogP contribution < -0.4 is 0 Å². The average Bonchev–Trinajstić information content (AvgIpc) is 3.07. The first-order valence-corrected chi connectivity index (χ1v) is 9.46. The number of imidazole rings is 1. The molecular formula is C18H31N5O2. The number of morpholine rings is 1. The molecule has 1 amide bonds. The number of piperazine rings is 1. The summed E-state index contributed by atoms with van der Waals surface area (Å²) in [7, 11) is 0. The summed E-state index contributed by atoms with van der Waals surface area (Å²) in [5.74, 6) is 1.34. The van der Waals surface area contributed by atoms with Gasteiger partial charge in [-0.15, -0.1) is 0 Å². The van der Waals surface area contributed by atoms with E-state index in [1.807, 2.05) is 24.2 Å². The van der Waals surface area contributed by atoms with Crippen molar-refractivity contribution in [2.75, 3.05) is 59.0 Å². The molecule has 0 spiro atoms. The van der Waals surface area contributed by atoms with Crippen LogP contribution in [0.1, 0.15) is 19.2 Å². The molecule has 1 atom stereocenters. The molecule has 2 aliphatic heterocycles. The molecule has 0 aliphatic carbocycles. The van der Waals surface area contributed by atoms with Crippen molar-refractivity contribution in [2.45, 2.75) is 32.9 Å². The number of rotatable bonds is 6. The highest BCUT2D eigenvalue weighted by Gasteiger charge is 2.29. The average molecular weight is 349 g/mol. The van der Waals surface area contributed by atoms with Crippen LogP contribution >= 0.6 is 0 Å². The Morgan fingerprint density at radius 2 is 1.88 bits per heavy atom. The Balaban J connectivity index is 1.37. The molecule has 0 radical (unpaired) electrons. The summed E-state index contributed by atoms with van der Waals surface area (Å²) in [6, 6.07) is -0.0196. The molecule has 2 aliphatic rings. The van der Waals surface area contributed by atoms with Gasteiger partial charge in [0.05, 0.1) is 19.3 Å². The van der Waals surface area contributed by atoms with E-state index in [2.05, 4.69) is 26.3 Å². The lowest BCUT2D eigenvalue weighted by molar-refractivity contribution is -0.141. The van der Waals surface area contributed by atoms with Crippen molar-refractivity contribution in [2.24, 2.45) is 0 Å². The van der Waals surface area contributed by atoms with E-state index in [0.717, 1.165) is 64.6 Å². The fourth-order valence-corrected chi connectivity index (χ4v) is 3.68. The minimum Gasteiger partial charge on any atom is -0.378 e. The molecule has 0 bridgehead atoms. The van der Waals surface area contributed by atoms with Gasteiger partial charge >= 0.3 is 0 Å². The van der Waals surface area contributed by atoms with Gasteiger partial charge in [-0.05, 0) is 26.8 Å². The molecule has 1 aromatic heterocycles. The third-order valence-corrected chi connectivity index (χ3v) is 5.43. The molecular weight excluding hydrogens is 318 g/mol. The smallest absolute Gasteiger partial charge is 0.239 e. The predicted molar refractivity (Wildman–Crippen MR) is 96.5 cm³/mol. The molecule has 0 saturated carbocycles. The first kappa shape index (κ1) is 18.4. The summed E-state index contributed by atoms with van der Waals surface area (Å²) in [6.07, 6.45) is 5.05. The third-order valence-electron chi connectivity index (χ3n) is 5.43. The maximum absolute atomic E-state index is 12.6. The van der Waals surface area contributed by atoms with Crippen LogP contribution in [0.2, 0.25) is 0 Å². The van der Waals surface area contributed by atoms with Crippen LogP contribution in [-0.2, 0) is 16.1 Å². The number of amides is 1. The lowest BCUT2D eigenvalue weighted by Gasteiger charge is -2.39. The van der Waals surface area contributed by atoms with Gasteiger partial charge in [0, 0.05) is 58.2 Å². The van der Waals surface area contributed by atoms with E-state index in [-0.39, 0.29) is 11.9 Å². The zero-order chi connectivity index (χ0) is 17.6. The van der Waals surface area contributed by atoms with Crippen LogP contribution in [0, 0.1) is 6.92 Å². The summed E-state index contributed by atoms with van der Waals surface area (Å²) in [4.78, 5) is 23.7. The van der Waals surface area contributed by atoms with Crippen molar-refractivity contribution >= 4 is 5.91 Å². The molecule has 3 heterocycles. The number of nitrogens with zero attached hydrogens (tertiary/aromatic N) is 5. The van der Waals surface area contributed by atoms with Crippen LogP contribution in [-0.4, -0.2) is 95.2 Å². The molecule has 2 saturated heterocycles. The second-order valence-electron chi connectivity index (χ2n) is 7.01. The van der Waals surface area contributed by atoms with Crippen LogP contribution in [0.25, 0.3) is 0 Å². The largest absolute Gasteiger partial charge is 0.378 e. The second kappa shape index (κ2) is 8.78. The molecule has 25 heavy (non-hydrogen) atoms. The van der Waals surface area contributed by atoms with Gasteiger partial charge in [-0.1, -0.05) is 0 Å². The SMILES string of the molecule is Cc1nccn1CCCN1CCN([C@@H](C)C(=O)N2CCOCC2)CC1. The van der Waals surface area contributed by atoms with Crippen molar-refractivity contribution in [3.05, 3.63) is 18.2 Å². The quantitative estimate of drug-likeness (QED) is 0.746. The Kier molecular flexibility index (Phi) is 6.45. The van der Waals surface area contributed by atoms with Crippen LogP contribution in [0.5, 0.6) is 0 Å². The molecule has 7 nitrogen and oxygen atoms in total. The van der Waals surface area contributed by atoms with Gasteiger partial charge < -0.3 is 19.1 Å². The highest BCUT2D eigenvalue weighted by molar-refractivity contribution is 5.81. The molecule has 3 rings (SSSR count). The first-order valence-electron chi connectivity index (χ1n) is 9.46. The van der Waals surface area contributed by atoms with E-state index >= 15 is 0 Å². The number of hydrogen-bond acceptors (Lipinski definition) is 5. The second-order valence-corrected chi connectivity index (χ2v) is 7.01. The Morgan fingerprint density at radius 1 is 1.16 bits per heavy atom. The van der Waals surface area contributed by atoms with E-state index in [0.29, 0.717) is 13.2 Å². The highest BCUT2D eigenvalue weighted by atomic mass is 16.5. The molecule has 2 fully saturated rings. The number of aromatic nitrogens is 2. The van der Waals surface area contributed by atoms with Crippen LogP contribution in [0.3, 0.4) is 0 Å². The Labute approximate surface area is 150 Å². The monoisotopic (exact) mass is 349 g/mol. The van der Waals surface area contributed by atoms with Crippen molar-refractivity contribution in [3.8, 4) is 0 Å². The van der Waals surface area contributed by atoms with Gasteiger partial charge in [0.1, 0.15) is 5.82 Å². The van der Waals surface area contributed by atoms with Gasteiger partial charge in [-0.3, -0.25) is 9.69 Å². The van der Waals surface area contributed by atoms with E-state index < -0.39 is 0 Å². The van der Waals surface area contributed by atoms with Crippen molar-refractivity contribution in [1.82, 2.24) is 24.3 Å². The third kappa shape index (κ3) is 4.80. The van der Waals surface area contributed by atoms with Gasteiger partial charge in [-0.25, -0.2) is 4.98 Å². The molecule has 140 valence electrons. The minimum atomic E-state index is -0.0196. The zero-order valence-electron chi connectivity index (χ0n) is 15.6.